The third-order valence-corrected chi connectivity index (χ3v) is 5.17. The second-order valence-electron chi connectivity index (χ2n) is 7.07. The highest BCUT2D eigenvalue weighted by Gasteiger charge is 2.27. The number of halogens is 1. The van der Waals surface area contributed by atoms with E-state index < -0.39 is 6.10 Å². The molecule has 0 saturated carbocycles. The predicted molar refractivity (Wildman–Crippen MR) is 117 cm³/mol. The van der Waals surface area contributed by atoms with E-state index in [0.29, 0.717) is 36.6 Å². The first kappa shape index (κ1) is 21.8. The number of benzene rings is 2. The molecule has 1 saturated heterocycles. The zero-order valence-electron chi connectivity index (χ0n) is 16.6. The van der Waals surface area contributed by atoms with Crippen LogP contribution in [0.3, 0.4) is 0 Å². The summed E-state index contributed by atoms with van der Waals surface area (Å²) >= 11 is 0. The van der Waals surface area contributed by atoms with Crippen molar-refractivity contribution in [3.8, 4) is 22.7 Å². The minimum atomic E-state index is -0.448. The van der Waals surface area contributed by atoms with E-state index in [-0.39, 0.29) is 24.2 Å². The minimum absolute atomic E-state index is 0. The number of hydrogen-bond donors (Lipinski definition) is 3. The molecule has 158 valence electrons. The summed E-state index contributed by atoms with van der Waals surface area (Å²) in [5.41, 5.74) is 2.61. The fourth-order valence-corrected chi connectivity index (χ4v) is 3.54. The first-order valence-corrected chi connectivity index (χ1v) is 9.63. The third kappa shape index (κ3) is 4.48. The monoisotopic (exact) mass is 428 g/mol. The van der Waals surface area contributed by atoms with Gasteiger partial charge in [0.05, 0.1) is 24.5 Å². The molecule has 2 atom stereocenters. The minimum Gasteiger partial charge on any atom is -0.496 e. The lowest BCUT2D eigenvalue weighted by atomic mass is 10.0. The molecule has 8 heteroatoms. The summed E-state index contributed by atoms with van der Waals surface area (Å²) in [6, 6.07) is 17.1. The zero-order chi connectivity index (χ0) is 20.2. The van der Waals surface area contributed by atoms with Crippen LogP contribution in [0.1, 0.15) is 10.4 Å². The van der Waals surface area contributed by atoms with Crippen LogP contribution in [-0.4, -0.2) is 53.6 Å². The topological polar surface area (TPSA) is 88.4 Å². The summed E-state index contributed by atoms with van der Waals surface area (Å²) in [5, 5.41) is 20.7. The molecule has 7 nitrogen and oxygen atoms in total. The number of ether oxygens (including phenoxy) is 1. The standard InChI is InChI=1S/C22H24N4O3.ClH/c1-29-20-10-6-5-9-17(20)21-18(14-26(25-21)16-7-3-2-4-8-16)22(28)24-12-15-11-23-13-19(15)27;/h2-10,14-15,19,23,27H,11-13H2,1H3,(H,24,28);1H. The van der Waals surface area contributed by atoms with Crippen molar-refractivity contribution in [3.05, 3.63) is 66.4 Å². The Morgan fingerprint density at radius 2 is 1.93 bits per heavy atom. The van der Waals surface area contributed by atoms with Crippen molar-refractivity contribution in [2.45, 2.75) is 6.10 Å². The Bertz CT molecular complexity index is 993. The Balaban J connectivity index is 0.00000256. The maximum absolute atomic E-state index is 13.0. The van der Waals surface area contributed by atoms with Gasteiger partial charge < -0.3 is 20.5 Å². The zero-order valence-corrected chi connectivity index (χ0v) is 17.4. The summed E-state index contributed by atoms with van der Waals surface area (Å²) in [6.07, 6.45) is 1.28. The summed E-state index contributed by atoms with van der Waals surface area (Å²) in [6.45, 7) is 1.64. The number of aliphatic hydroxyl groups is 1. The van der Waals surface area contributed by atoms with Gasteiger partial charge in [-0.1, -0.05) is 30.3 Å². The molecule has 1 aliphatic heterocycles. The van der Waals surface area contributed by atoms with Crippen LogP contribution in [0.4, 0.5) is 0 Å². The van der Waals surface area contributed by atoms with Gasteiger partial charge in [0, 0.05) is 37.3 Å². The van der Waals surface area contributed by atoms with E-state index in [4.69, 9.17) is 4.74 Å². The van der Waals surface area contributed by atoms with Crippen molar-refractivity contribution in [2.75, 3.05) is 26.7 Å². The van der Waals surface area contributed by atoms with Gasteiger partial charge in [-0.15, -0.1) is 12.4 Å². The molecular formula is C22H25ClN4O3. The van der Waals surface area contributed by atoms with Crippen molar-refractivity contribution in [2.24, 2.45) is 5.92 Å². The van der Waals surface area contributed by atoms with E-state index in [9.17, 15) is 9.90 Å². The molecule has 0 radical (unpaired) electrons. The second-order valence-corrected chi connectivity index (χ2v) is 7.07. The van der Waals surface area contributed by atoms with Gasteiger partial charge in [0.2, 0.25) is 0 Å². The summed E-state index contributed by atoms with van der Waals surface area (Å²) in [4.78, 5) is 13.0. The number of methoxy groups -OCH3 is 1. The number of β-amino-alcohol motifs (C(OH)–C–C–N with tert-alkyl or cyclic N) is 1. The van der Waals surface area contributed by atoms with Crippen LogP contribution in [0.5, 0.6) is 5.75 Å². The number of aromatic nitrogens is 2. The van der Waals surface area contributed by atoms with Crippen LogP contribution in [-0.2, 0) is 0 Å². The lowest BCUT2D eigenvalue weighted by Crippen LogP contribution is -2.34. The number of nitrogens with one attached hydrogen (secondary N) is 2. The van der Waals surface area contributed by atoms with E-state index in [1.807, 2.05) is 54.6 Å². The van der Waals surface area contributed by atoms with Crippen LogP contribution < -0.4 is 15.4 Å². The number of rotatable bonds is 6. The van der Waals surface area contributed by atoms with E-state index in [2.05, 4.69) is 15.7 Å². The van der Waals surface area contributed by atoms with Gasteiger partial charge in [-0.05, 0) is 24.3 Å². The van der Waals surface area contributed by atoms with Crippen LogP contribution in [0, 0.1) is 5.92 Å². The highest BCUT2D eigenvalue weighted by Crippen LogP contribution is 2.31. The maximum Gasteiger partial charge on any atom is 0.255 e. The van der Waals surface area contributed by atoms with E-state index in [1.165, 1.54) is 0 Å². The van der Waals surface area contributed by atoms with Gasteiger partial charge >= 0.3 is 0 Å². The Hall–Kier alpha value is -2.87. The molecular weight excluding hydrogens is 404 g/mol. The van der Waals surface area contributed by atoms with Gasteiger partial charge in [-0.25, -0.2) is 4.68 Å². The van der Waals surface area contributed by atoms with E-state index in [0.717, 1.165) is 11.3 Å². The highest BCUT2D eigenvalue weighted by molar-refractivity contribution is 6.00. The van der Waals surface area contributed by atoms with E-state index in [1.54, 1.807) is 18.0 Å². The van der Waals surface area contributed by atoms with Crippen molar-refractivity contribution >= 4 is 18.3 Å². The quantitative estimate of drug-likeness (QED) is 0.560. The normalized spacial score (nSPS) is 17.9. The first-order chi connectivity index (χ1) is 14.2. The van der Waals surface area contributed by atoms with Crippen molar-refractivity contribution in [1.29, 1.82) is 0 Å². The number of nitrogens with zero attached hydrogens (tertiary/aromatic N) is 2. The molecule has 2 unspecified atom stereocenters. The van der Waals surface area contributed by atoms with Gasteiger partial charge in [0.15, 0.2) is 0 Å². The number of amides is 1. The Morgan fingerprint density at radius 1 is 1.20 bits per heavy atom. The largest absolute Gasteiger partial charge is 0.496 e. The molecule has 1 aliphatic rings. The van der Waals surface area contributed by atoms with Gasteiger partial charge in [0.1, 0.15) is 11.4 Å². The molecule has 2 heterocycles. The van der Waals surface area contributed by atoms with Crippen molar-refractivity contribution in [1.82, 2.24) is 20.4 Å². The SMILES string of the molecule is COc1ccccc1-c1nn(-c2ccccc2)cc1C(=O)NCC1CNCC1O.Cl. The summed E-state index contributed by atoms with van der Waals surface area (Å²) in [7, 11) is 1.60. The highest BCUT2D eigenvalue weighted by atomic mass is 35.5. The lowest BCUT2D eigenvalue weighted by Gasteiger charge is -2.14. The molecule has 1 aromatic heterocycles. The van der Waals surface area contributed by atoms with Crippen LogP contribution >= 0.6 is 12.4 Å². The Kier molecular flexibility index (Phi) is 7.10. The van der Waals surface area contributed by atoms with E-state index >= 15 is 0 Å². The summed E-state index contributed by atoms with van der Waals surface area (Å²) in [5.74, 6) is 0.417. The van der Waals surface area contributed by atoms with Crippen LogP contribution in [0.15, 0.2) is 60.8 Å². The lowest BCUT2D eigenvalue weighted by molar-refractivity contribution is 0.0927. The fourth-order valence-electron chi connectivity index (χ4n) is 3.54. The fraction of sp³-hybridized carbons (Fsp3) is 0.273. The molecule has 0 aliphatic carbocycles. The number of aliphatic hydroxyl groups excluding tert-OH is 1. The average Bonchev–Trinajstić information content (AvgIpc) is 3.39. The Morgan fingerprint density at radius 3 is 2.63 bits per heavy atom. The smallest absolute Gasteiger partial charge is 0.255 e. The van der Waals surface area contributed by atoms with Crippen LogP contribution in [0.25, 0.3) is 16.9 Å². The molecule has 30 heavy (non-hydrogen) atoms. The third-order valence-electron chi connectivity index (χ3n) is 5.17. The number of carbonyl (C=O) groups excluding carboxylic acids is 1. The molecule has 3 N–H and O–H groups in total. The number of carbonyl (C=O) groups is 1. The maximum atomic E-state index is 13.0. The van der Waals surface area contributed by atoms with Crippen molar-refractivity contribution in [3.63, 3.8) is 0 Å². The molecule has 1 amide bonds. The average molecular weight is 429 g/mol. The molecule has 3 aromatic rings. The van der Waals surface area contributed by atoms with Gasteiger partial charge in [-0.3, -0.25) is 4.79 Å². The van der Waals surface area contributed by atoms with Gasteiger partial charge in [-0.2, -0.15) is 5.10 Å². The summed E-state index contributed by atoms with van der Waals surface area (Å²) < 4.78 is 7.18. The molecule has 0 bridgehead atoms. The van der Waals surface area contributed by atoms with Crippen molar-refractivity contribution < 1.29 is 14.6 Å². The molecule has 1 fully saturated rings. The number of para-hydroxylation sites is 2. The molecule has 0 spiro atoms. The Labute approximate surface area is 181 Å². The second kappa shape index (κ2) is 9.75. The van der Waals surface area contributed by atoms with Gasteiger partial charge in [0.25, 0.3) is 5.91 Å². The number of hydrogen-bond acceptors (Lipinski definition) is 5. The molecule has 4 rings (SSSR count). The predicted octanol–water partition coefficient (Wildman–Crippen LogP) is 2.28. The van der Waals surface area contributed by atoms with Crippen LogP contribution in [0.2, 0.25) is 0 Å². The molecule has 2 aromatic carbocycles. The first-order valence-electron chi connectivity index (χ1n) is 9.63.